The summed E-state index contributed by atoms with van der Waals surface area (Å²) in [5, 5.41) is 9.48. The van der Waals surface area contributed by atoms with Crippen LogP contribution in [-0.4, -0.2) is 4.57 Å². The number of aromatic nitrogens is 1. The largest absolute Gasteiger partial charge is 0.316 e. The standard InChI is InChI=1S/C18H13FN2/c1-13(11-20)10-14-12-21(15-6-3-2-4-7-15)17-9-5-8-16(19)18(14)17/h2-10,12H,1H3/b13-10-. The molecule has 3 heteroatoms. The van der Waals surface area contributed by atoms with Crippen molar-refractivity contribution in [3.63, 3.8) is 0 Å². The van der Waals surface area contributed by atoms with Crippen molar-refractivity contribution in [2.75, 3.05) is 0 Å². The predicted octanol–water partition coefficient (Wildman–Crippen LogP) is 4.70. The third-order valence-electron chi connectivity index (χ3n) is 3.39. The lowest BCUT2D eigenvalue weighted by molar-refractivity contribution is 0.640. The van der Waals surface area contributed by atoms with Gasteiger partial charge in [0.1, 0.15) is 5.82 Å². The molecule has 0 saturated carbocycles. The molecule has 0 saturated heterocycles. The molecule has 2 aromatic carbocycles. The van der Waals surface area contributed by atoms with Crippen LogP contribution in [0, 0.1) is 17.1 Å². The van der Waals surface area contributed by atoms with Crippen molar-refractivity contribution in [1.29, 1.82) is 5.26 Å². The van der Waals surface area contributed by atoms with Crippen LogP contribution in [-0.2, 0) is 0 Å². The molecular weight excluding hydrogens is 263 g/mol. The minimum absolute atomic E-state index is 0.279. The third kappa shape index (κ3) is 2.32. The first kappa shape index (κ1) is 13.1. The lowest BCUT2D eigenvalue weighted by atomic mass is 10.1. The first-order valence-corrected chi connectivity index (χ1v) is 6.64. The summed E-state index contributed by atoms with van der Waals surface area (Å²) in [4.78, 5) is 0. The summed E-state index contributed by atoms with van der Waals surface area (Å²) in [5.41, 5.74) is 3.01. The molecule has 0 fully saturated rings. The van der Waals surface area contributed by atoms with Gasteiger partial charge in [-0.1, -0.05) is 24.3 Å². The van der Waals surface area contributed by atoms with E-state index < -0.39 is 0 Å². The number of allylic oxidation sites excluding steroid dienone is 1. The number of halogens is 1. The van der Waals surface area contributed by atoms with Crippen molar-refractivity contribution < 1.29 is 4.39 Å². The Morgan fingerprint density at radius 2 is 1.90 bits per heavy atom. The number of nitrogens with zero attached hydrogens (tertiary/aromatic N) is 2. The maximum Gasteiger partial charge on any atom is 0.133 e. The monoisotopic (exact) mass is 276 g/mol. The Labute approximate surface area is 122 Å². The quantitative estimate of drug-likeness (QED) is 0.624. The van der Waals surface area contributed by atoms with Crippen molar-refractivity contribution in [1.82, 2.24) is 4.57 Å². The number of benzene rings is 2. The van der Waals surface area contributed by atoms with Gasteiger partial charge in [-0.25, -0.2) is 4.39 Å². The Morgan fingerprint density at radius 1 is 1.14 bits per heavy atom. The number of nitriles is 1. The second-order valence-electron chi connectivity index (χ2n) is 4.86. The summed E-state index contributed by atoms with van der Waals surface area (Å²) in [6, 6.07) is 16.9. The van der Waals surface area contributed by atoms with E-state index in [2.05, 4.69) is 6.07 Å². The van der Waals surface area contributed by atoms with Gasteiger partial charge in [-0.3, -0.25) is 0 Å². The highest BCUT2D eigenvalue weighted by Gasteiger charge is 2.12. The summed E-state index contributed by atoms with van der Waals surface area (Å²) in [7, 11) is 0. The molecule has 2 nitrogen and oxygen atoms in total. The fraction of sp³-hybridized carbons (Fsp3) is 0.0556. The first-order chi connectivity index (χ1) is 10.2. The smallest absolute Gasteiger partial charge is 0.133 e. The van der Waals surface area contributed by atoms with Crippen LogP contribution in [0.1, 0.15) is 12.5 Å². The molecule has 102 valence electrons. The van der Waals surface area contributed by atoms with E-state index >= 15 is 0 Å². The van der Waals surface area contributed by atoms with Crippen LogP contribution in [0.25, 0.3) is 22.7 Å². The molecular formula is C18H13FN2. The van der Waals surface area contributed by atoms with E-state index in [0.29, 0.717) is 16.5 Å². The third-order valence-corrected chi connectivity index (χ3v) is 3.39. The van der Waals surface area contributed by atoms with Gasteiger partial charge in [0.15, 0.2) is 0 Å². The molecule has 3 aromatic rings. The summed E-state index contributed by atoms with van der Waals surface area (Å²) in [6.07, 6.45) is 3.58. The van der Waals surface area contributed by atoms with E-state index in [-0.39, 0.29) is 5.82 Å². The lowest BCUT2D eigenvalue weighted by Gasteiger charge is -2.04. The van der Waals surface area contributed by atoms with E-state index in [1.165, 1.54) is 6.07 Å². The minimum atomic E-state index is -0.279. The normalized spacial score (nSPS) is 11.6. The van der Waals surface area contributed by atoms with Crippen molar-refractivity contribution in [2.24, 2.45) is 0 Å². The van der Waals surface area contributed by atoms with Gasteiger partial charge in [0.05, 0.1) is 11.6 Å². The topological polar surface area (TPSA) is 28.7 Å². The number of hydrogen-bond acceptors (Lipinski definition) is 1. The van der Waals surface area contributed by atoms with E-state index in [1.54, 1.807) is 19.1 Å². The zero-order chi connectivity index (χ0) is 14.8. The Bertz CT molecular complexity index is 867. The van der Waals surface area contributed by atoms with Crippen LogP contribution in [0.3, 0.4) is 0 Å². The van der Waals surface area contributed by atoms with Gasteiger partial charge >= 0.3 is 0 Å². The average molecular weight is 276 g/mol. The van der Waals surface area contributed by atoms with Gasteiger partial charge in [-0.15, -0.1) is 0 Å². The predicted molar refractivity (Wildman–Crippen MR) is 82.5 cm³/mol. The highest BCUT2D eigenvalue weighted by molar-refractivity contribution is 5.92. The molecule has 0 aliphatic carbocycles. The summed E-state index contributed by atoms with van der Waals surface area (Å²) in [5.74, 6) is -0.279. The molecule has 0 atom stereocenters. The summed E-state index contributed by atoms with van der Waals surface area (Å²) >= 11 is 0. The Kier molecular flexibility index (Phi) is 3.29. The van der Waals surface area contributed by atoms with Crippen molar-refractivity contribution in [3.8, 4) is 11.8 Å². The Hall–Kier alpha value is -2.86. The van der Waals surface area contributed by atoms with Gasteiger partial charge in [-0.2, -0.15) is 5.26 Å². The molecule has 0 N–H and O–H groups in total. The van der Waals surface area contributed by atoms with Crippen LogP contribution < -0.4 is 0 Å². The second kappa shape index (κ2) is 5.26. The van der Waals surface area contributed by atoms with Crippen molar-refractivity contribution >= 4 is 17.0 Å². The number of rotatable bonds is 2. The van der Waals surface area contributed by atoms with Gasteiger partial charge in [0.2, 0.25) is 0 Å². The number of fused-ring (bicyclic) bond motifs is 1. The van der Waals surface area contributed by atoms with Crippen LogP contribution in [0.4, 0.5) is 4.39 Å². The maximum absolute atomic E-state index is 14.2. The molecule has 1 aromatic heterocycles. The first-order valence-electron chi connectivity index (χ1n) is 6.64. The maximum atomic E-state index is 14.2. The van der Waals surface area contributed by atoms with E-state index in [4.69, 9.17) is 5.26 Å². The van der Waals surface area contributed by atoms with Gasteiger partial charge in [-0.05, 0) is 37.3 Å². The average Bonchev–Trinajstić information content (AvgIpc) is 2.88. The van der Waals surface area contributed by atoms with E-state index in [1.807, 2.05) is 47.2 Å². The minimum Gasteiger partial charge on any atom is -0.316 e. The van der Waals surface area contributed by atoms with Crippen LogP contribution >= 0.6 is 0 Å². The molecule has 3 rings (SSSR count). The Balaban J connectivity index is 2.34. The lowest BCUT2D eigenvalue weighted by Crippen LogP contribution is -1.90. The highest BCUT2D eigenvalue weighted by atomic mass is 19.1. The molecule has 0 radical (unpaired) electrons. The fourth-order valence-electron chi connectivity index (χ4n) is 2.45. The molecule has 1 heterocycles. The number of para-hydroxylation sites is 1. The zero-order valence-electron chi connectivity index (χ0n) is 11.5. The Morgan fingerprint density at radius 3 is 2.62 bits per heavy atom. The molecule has 21 heavy (non-hydrogen) atoms. The molecule has 0 bridgehead atoms. The van der Waals surface area contributed by atoms with Gasteiger partial charge < -0.3 is 4.57 Å². The molecule has 0 aliphatic rings. The van der Waals surface area contributed by atoms with Crippen LogP contribution in [0.5, 0.6) is 0 Å². The van der Waals surface area contributed by atoms with Crippen LogP contribution in [0.2, 0.25) is 0 Å². The second-order valence-corrected chi connectivity index (χ2v) is 4.86. The molecule has 0 amide bonds. The van der Waals surface area contributed by atoms with Crippen LogP contribution in [0.15, 0.2) is 60.3 Å². The molecule has 0 unspecified atom stereocenters. The van der Waals surface area contributed by atoms with Crippen molar-refractivity contribution in [3.05, 3.63) is 71.7 Å². The van der Waals surface area contributed by atoms with Gasteiger partial charge in [0, 0.05) is 28.4 Å². The fourth-order valence-corrected chi connectivity index (χ4v) is 2.45. The molecule has 0 spiro atoms. The zero-order valence-corrected chi connectivity index (χ0v) is 11.5. The number of hydrogen-bond donors (Lipinski definition) is 0. The highest BCUT2D eigenvalue weighted by Crippen LogP contribution is 2.28. The summed E-state index contributed by atoms with van der Waals surface area (Å²) in [6.45, 7) is 1.71. The van der Waals surface area contributed by atoms with Crippen molar-refractivity contribution in [2.45, 2.75) is 6.92 Å². The van der Waals surface area contributed by atoms with Gasteiger partial charge in [0.25, 0.3) is 0 Å². The van der Waals surface area contributed by atoms with E-state index in [9.17, 15) is 4.39 Å². The van der Waals surface area contributed by atoms with E-state index in [0.717, 1.165) is 11.2 Å². The summed E-state index contributed by atoms with van der Waals surface area (Å²) < 4.78 is 16.1. The molecule has 0 aliphatic heterocycles. The SMILES string of the molecule is C/C(C#N)=C/c1cn(-c2ccccc2)c2cccc(F)c12.